The number of aryl methyl sites for hydroxylation is 1. The van der Waals surface area contributed by atoms with Crippen LogP contribution in [0.1, 0.15) is 21.7 Å². The molecule has 142 valence electrons. The number of carbonyl (C=O) groups is 1. The third-order valence-electron chi connectivity index (χ3n) is 4.38. The summed E-state index contributed by atoms with van der Waals surface area (Å²) in [6.45, 7) is 1.74. The van der Waals surface area contributed by atoms with E-state index in [2.05, 4.69) is 0 Å². The largest absolute Gasteiger partial charge is 0.490 e. The average molecular weight is 380 g/mol. The van der Waals surface area contributed by atoms with Crippen LogP contribution >= 0.6 is 0 Å². The topological polar surface area (TPSA) is 99.1 Å². The third-order valence-corrected chi connectivity index (χ3v) is 4.38. The summed E-state index contributed by atoms with van der Waals surface area (Å²) < 4.78 is 22.7. The van der Waals surface area contributed by atoms with Crippen LogP contribution in [0, 0.1) is 6.92 Å². The number of aromatic carboxylic acids is 1. The molecule has 0 saturated heterocycles. The first-order valence-electron chi connectivity index (χ1n) is 8.46. The molecule has 2 aromatic carbocycles. The SMILES string of the molecule is COc1c2occc2c(OCc2cccc(C(=O)O)c2)c2c(=O)cc(C)oc12. The number of hydrogen-bond acceptors (Lipinski definition) is 6. The molecule has 0 aliphatic rings. The van der Waals surface area contributed by atoms with Crippen LogP contribution in [0.5, 0.6) is 11.5 Å². The highest BCUT2D eigenvalue weighted by Crippen LogP contribution is 2.42. The maximum absolute atomic E-state index is 12.7. The summed E-state index contributed by atoms with van der Waals surface area (Å²) in [5.74, 6) is 0.0250. The Hall–Kier alpha value is -3.74. The van der Waals surface area contributed by atoms with E-state index in [1.807, 2.05) is 0 Å². The van der Waals surface area contributed by atoms with Crippen LogP contribution < -0.4 is 14.9 Å². The Bertz CT molecular complexity index is 1260. The summed E-state index contributed by atoms with van der Waals surface area (Å²) >= 11 is 0. The van der Waals surface area contributed by atoms with Gasteiger partial charge in [0.05, 0.1) is 24.3 Å². The number of carboxylic acids is 1. The Morgan fingerprint density at radius 2 is 1.96 bits per heavy atom. The van der Waals surface area contributed by atoms with Crippen molar-refractivity contribution in [1.29, 1.82) is 0 Å². The van der Waals surface area contributed by atoms with E-state index < -0.39 is 5.97 Å². The first-order chi connectivity index (χ1) is 13.5. The van der Waals surface area contributed by atoms with E-state index in [-0.39, 0.29) is 28.6 Å². The second-order valence-electron chi connectivity index (χ2n) is 6.25. The number of methoxy groups -OCH3 is 1. The van der Waals surface area contributed by atoms with Gasteiger partial charge in [0.1, 0.15) is 23.5 Å². The number of furan rings is 1. The van der Waals surface area contributed by atoms with Gasteiger partial charge in [-0.15, -0.1) is 0 Å². The molecule has 1 N–H and O–H groups in total. The van der Waals surface area contributed by atoms with E-state index in [0.29, 0.717) is 33.8 Å². The summed E-state index contributed by atoms with van der Waals surface area (Å²) in [6, 6.07) is 9.47. The number of carboxylic acid groups (broad SMARTS) is 1. The van der Waals surface area contributed by atoms with Crippen molar-refractivity contribution in [3.63, 3.8) is 0 Å². The van der Waals surface area contributed by atoms with Gasteiger partial charge in [0.25, 0.3) is 0 Å². The number of benzene rings is 2. The molecule has 0 fully saturated rings. The molecule has 2 aromatic heterocycles. The van der Waals surface area contributed by atoms with Gasteiger partial charge >= 0.3 is 5.97 Å². The quantitative estimate of drug-likeness (QED) is 0.556. The van der Waals surface area contributed by atoms with Crippen LogP contribution in [0.4, 0.5) is 0 Å². The van der Waals surface area contributed by atoms with Gasteiger partial charge in [-0.25, -0.2) is 4.79 Å². The summed E-state index contributed by atoms with van der Waals surface area (Å²) in [4.78, 5) is 23.9. The van der Waals surface area contributed by atoms with Gasteiger partial charge in [-0.2, -0.15) is 0 Å². The Labute approximate surface area is 158 Å². The minimum atomic E-state index is -1.02. The lowest BCUT2D eigenvalue weighted by atomic mass is 10.1. The van der Waals surface area contributed by atoms with E-state index in [0.717, 1.165) is 0 Å². The van der Waals surface area contributed by atoms with Crippen LogP contribution in [0.25, 0.3) is 21.9 Å². The van der Waals surface area contributed by atoms with E-state index in [4.69, 9.17) is 23.4 Å². The smallest absolute Gasteiger partial charge is 0.335 e. The Kier molecular flexibility index (Phi) is 4.27. The van der Waals surface area contributed by atoms with Crippen LogP contribution in [0.3, 0.4) is 0 Å². The molecular formula is C21H16O7. The Morgan fingerprint density at radius 1 is 1.14 bits per heavy atom. The first kappa shape index (κ1) is 17.7. The molecule has 4 aromatic rings. The Balaban J connectivity index is 1.88. The molecule has 0 spiro atoms. The normalized spacial score (nSPS) is 11.1. The highest BCUT2D eigenvalue weighted by Gasteiger charge is 2.23. The molecule has 4 rings (SSSR count). The molecule has 0 amide bonds. The van der Waals surface area contributed by atoms with E-state index in [9.17, 15) is 9.59 Å². The summed E-state index contributed by atoms with van der Waals surface area (Å²) in [6.07, 6.45) is 1.47. The molecule has 0 unspecified atom stereocenters. The van der Waals surface area contributed by atoms with E-state index >= 15 is 0 Å². The van der Waals surface area contributed by atoms with Crippen LogP contribution in [-0.4, -0.2) is 18.2 Å². The number of rotatable bonds is 5. The van der Waals surface area contributed by atoms with Crippen LogP contribution in [0.2, 0.25) is 0 Å². The predicted octanol–water partition coefficient (Wildman–Crippen LogP) is 4.13. The summed E-state index contributed by atoms with van der Waals surface area (Å²) in [5, 5.41) is 9.95. The Morgan fingerprint density at radius 3 is 2.71 bits per heavy atom. The standard InChI is InChI=1S/C21H16O7/c1-11-8-15(22)16-17(27-10-12-4-3-5-13(9-12)21(23)24)14-6-7-26-18(14)20(25-2)19(16)28-11/h3-9H,10H2,1-2H3,(H,23,24). The second-order valence-corrected chi connectivity index (χ2v) is 6.25. The molecule has 2 heterocycles. The van der Waals surface area contributed by atoms with Crippen molar-refractivity contribution in [1.82, 2.24) is 0 Å². The first-order valence-corrected chi connectivity index (χ1v) is 8.46. The van der Waals surface area contributed by atoms with Crippen LogP contribution in [-0.2, 0) is 6.61 Å². The van der Waals surface area contributed by atoms with Gasteiger partial charge in [-0.05, 0) is 30.7 Å². The maximum atomic E-state index is 12.7. The van der Waals surface area contributed by atoms with Gasteiger partial charge in [0.2, 0.25) is 5.75 Å². The lowest BCUT2D eigenvalue weighted by molar-refractivity contribution is 0.0696. The summed E-state index contributed by atoms with van der Waals surface area (Å²) in [5.41, 5.74) is 1.18. The van der Waals surface area contributed by atoms with Gasteiger partial charge in [-0.1, -0.05) is 12.1 Å². The van der Waals surface area contributed by atoms with Gasteiger partial charge in [0, 0.05) is 6.07 Å². The van der Waals surface area contributed by atoms with Gasteiger partial charge < -0.3 is 23.4 Å². The van der Waals surface area contributed by atoms with Crippen LogP contribution in [0.15, 0.2) is 56.3 Å². The summed E-state index contributed by atoms with van der Waals surface area (Å²) in [7, 11) is 1.47. The lowest BCUT2D eigenvalue weighted by Crippen LogP contribution is -2.06. The molecule has 7 heteroatoms. The molecule has 0 aliphatic heterocycles. The van der Waals surface area contributed by atoms with Crippen molar-refractivity contribution in [3.05, 3.63) is 69.8 Å². The number of fused-ring (bicyclic) bond motifs is 2. The molecule has 0 saturated carbocycles. The minimum absolute atomic E-state index is 0.0656. The fraction of sp³-hybridized carbons (Fsp3) is 0.143. The molecule has 0 radical (unpaired) electrons. The zero-order valence-corrected chi connectivity index (χ0v) is 15.1. The fourth-order valence-corrected chi connectivity index (χ4v) is 3.17. The number of hydrogen-bond donors (Lipinski definition) is 1. The monoisotopic (exact) mass is 380 g/mol. The van der Waals surface area contributed by atoms with Crippen molar-refractivity contribution in [2.24, 2.45) is 0 Å². The zero-order chi connectivity index (χ0) is 19.8. The van der Waals surface area contributed by atoms with Gasteiger partial charge in [-0.3, -0.25) is 4.79 Å². The van der Waals surface area contributed by atoms with Crippen molar-refractivity contribution in [2.75, 3.05) is 7.11 Å². The van der Waals surface area contributed by atoms with Crippen molar-refractivity contribution >= 4 is 27.9 Å². The molecule has 0 atom stereocenters. The average Bonchev–Trinajstić information content (AvgIpc) is 3.14. The third kappa shape index (κ3) is 2.87. The molecular weight excluding hydrogens is 364 g/mol. The number of ether oxygens (including phenoxy) is 2. The maximum Gasteiger partial charge on any atom is 0.335 e. The van der Waals surface area contributed by atoms with Crippen molar-refractivity contribution < 1.29 is 28.2 Å². The predicted molar refractivity (Wildman–Crippen MR) is 101 cm³/mol. The zero-order valence-electron chi connectivity index (χ0n) is 15.1. The lowest BCUT2D eigenvalue weighted by Gasteiger charge is -2.13. The highest BCUT2D eigenvalue weighted by atomic mass is 16.5. The van der Waals surface area contributed by atoms with Crippen molar-refractivity contribution in [2.45, 2.75) is 13.5 Å². The second kappa shape index (κ2) is 6.77. The molecule has 7 nitrogen and oxygen atoms in total. The highest BCUT2D eigenvalue weighted by molar-refractivity contribution is 6.06. The van der Waals surface area contributed by atoms with Gasteiger partial charge in [0.15, 0.2) is 16.6 Å². The van der Waals surface area contributed by atoms with E-state index in [1.54, 1.807) is 25.1 Å². The van der Waals surface area contributed by atoms with E-state index in [1.165, 1.54) is 31.6 Å². The minimum Gasteiger partial charge on any atom is -0.490 e. The molecule has 0 aliphatic carbocycles. The van der Waals surface area contributed by atoms with Crippen molar-refractivity contribution in [3.8, 4) is 11.5 Å². The molecule has 28 heavy (non-hydrogen) atoms. The molecule has 0 bridgehead atoms. The fourth-order valence-electron chi connectivity index (χ4n) is 3.17.